The van der Waals surface area contributed by atoms with Crippen LogP contribution in [0.2, 0.25) is 0 Å². The molecule has 1 heterocycles. The summed E-state index contributed by atoms with van der Waals surface area (Å²) in [5.41, 5.74) is 4.75. The van der Waals surface area contributed by atoms with E-state index in [1.54, 1.807) is 28.4 Å². The third-order valence-electron chi connectivity index (χ3n) is 6.43. The molecule has 0 bridgehead atoms. The van der Waals surface area contributed by atoms with Crippen LogP contribution in [-0.2, 0) is 19.4 Å². The van der Waals surface area contributed by atoms with Crippen LogP contribution in [0.15, 0.2) is 60.7 Å². The van der Waals surface area contributed by atoms with Gasteiger partial charge in [0.25, 0.3) is 0 Å². The SMILES string of the molecule is COc1ccc(CC2c3cc(OC)c(OC)cc3CCN2C(=S)NCc2ccccc2)cc1OC. The molecule has 0 radical (unpaired) electrons. The van der Waals surface area contributed by atoms with E-state index in [2.05, 4.69) is 40.5 Å². The minimum atomic E-state index is 0.0208. The van der Waals surface area contributed by atoms with Crippen LogP contribution in [0.4, 0.5) is 0 Å². The molecule has 0 spiro atoms. The normalized spacial score (nSPS) is 14.6. The standard InChI is InChI=1S/C28H32N2O4S/c1-31-24-11-10-20(15-25(24)32-2)14-23-22-17-27(34-4)26(33-3)16-21(22)12-13-30(23)28(35)29-18-19-8-6-5-7-9-19/h5-11,15-17,23H,12-14,18H2,1-4H3,(H,29,35). The Morgan fingerprint density at radius 2 is 1.49 bits per heavy atom. The van der Waals surface area contributed by atoms with Crippen LogP contribution < -0.4 is 24.3 Å². The molecule has 0 amide bonds. The van der Waals surface area contributed by atoms with Crippen molar-refractivity contribution in [3.63, 3.8) is 0 Å². The van der Waals surface area contributed by atoms with Gasteiger partial charge in [0.15, 0.2) is 28.1 Å². The number of ether oxygens (including phenoxy) is 4. The molecule has 0 aromatic heterocycles. The van der Waals surface area contributed by atoms with Crippen LogP contribution in [0.5, 0.6) is 23.0 Å². The zero-order valence-electron chi connectivity index (χ0n) is 20.7. The molecule has 7 heteroatoms. The van der Waals surface area contributed by atoms with Crippen molar-refractivity contribution >= 4 is 17.3 Å². The molecule has 6 nitrogen and oxygen atoms in total. The average molecular weight is 493 g/mol. The molecule has 0 fully saturated rings. The van der Waals surface area contributed by atoms with E-state index in [1.165, 1.54) is 16.7 Å². The number of rotatable bonds is 8. The van der Waals surface area contributed by atoms with Crippen LogP contribution >= 0.6 is 12.2 Å². The highest BCUT2D eigenvalue weighted by Crippen LogP contribution is 2.40. The van der Waals surface area contributed by atoms with Crippen molar-refractivity contribution in [3.8, 4) is 23.0 Å². The molecule has 3 aromatic carbocycles. The van der Waals surface area contributed by atoms with Crippen molar-refractivity contribution in [2.75, 3.05) is 35.0 Å². The van der Waals surface area contributed by atoms with Gasteiger partial charge < -0.3 is 29.2 Å². The van der Waals surface area contributed by atoms with Gasteiger partial charge in [0.05, 0.1) is 34.5 Å². The van der Waals surface area contributed by atoms with Gasteiger partial charge in [-0.3, -0.25) is 0 Å². The van der Waals surface area contributed by atoms with E-state index in [0.29, 0.717) is 23.8 Å². The van der Waals surface area contributed by atoms with Crippen LogP contribution in [0.25, 0.3) is 0 Å². The monoisotopic (exact) mass is 492 g/mol. The lowest BCUT2D eigenvalue weighted by Gasteiger charge is -2.39. The number of nitrogens with one attached hydrogen (secondary N) is 1. The third-order valence-corrected chi connectivity index (χ3v) is 6.81. The summed E-state index contributed by atoms with van der Waals surface area (Å²) in [7, 11) is 6.64. The second-order valence-corrected chi connectivity index (χ2v) is 8.79. The fourth-order valence-corrected chi connectivity index (χ4v) is 4.89. The summed E-state index contributed by atoms with van der Waals surface area (Å²) < 4.78 is 22.2. The van der Waals surface area contributed by atoms with Crippen molar-refractivity contribution in [1.29, 1.82) is 0 Å². The lowest BCUT2D eigenvalue weighted by atomic mass is 9.88. The first-order valence-electron chi connectivity index (χ1n) is 11.6. The molecule has 1 aliphatic heterocycles. The first-order valence-corrected chi connectivity index (χ1v) is 12.0. The van der Waals surface area contributed by atoms with Crippen molar-refractivity contribution in [3.05, 3.63) is 82.9 Å². The molecule has 4 rings (SSSR count). The van der Waals surface area contributed by atoms with E-state index in [4.69, 9.17) is 31.2 Å². The van der Waals surface area contributed by atoms with Gasteiger partial charge in [-0.2, -0.15) is 0 Å². The molecule has 0 saturated heterocycles. The van der Waals surface area contributed by atoms with Crippen LogP contribution in [0.1, 0.15) is 28.3 Å². The van der Waals surface area contributed by atoms with E-state index in [9.17, 15) is 0 Å². The van der Waals surface area contributed by atoms with Crippen LogP contribution in [-0.4, -0.2) is 45.0 Å². The number of hydrogen-bond donors (Lipinski definition) is 1. The molecule has 1 aliphatic rings. The van der Waals surface area contributed by atoms with Crippen LogP contribution in [0, 0.1) is 0 Å². The molecule has 1 unspecified atom stereocenters. The van der Waals surface area contributed by atoms with Crippen LogP contribution in [0.3, 0.4) is 0 Å². The minimum absolute atomic E-state index is 0.0208. The highest BCUT2D eigenvalue weighted by atomic mass is 32.1. The molecule has 1 N–H and O–H groups in total. The molecular formula is C28H32N2O4S. The molecular weight excluding hydrogens is 460 g/mol. The topological polar surface area (TPSA) is 52.2 Å². The van der Waals surface area contributed by atoms with Crippen molar-refractivity contribution in [2.45, 2.75) is 25.4 Å². The van der Waals surface area contributed by atoms with E-state index >= 15 is 0 Å². The van der Waals surface area contributed by atoms with E-state index in [0.717, 1.165) is 35.8 Å². The number of nitrogens with zero attached hydrogens (tertiary/aromatic N) is 1. The fraction of sp³-hybridized carbons (Fsp3) is 0.321. The van der Waals surface area contributed by atoms with Crippen molar-refractivity contribution < 1.29 is 18.9 Å². The number of hydrogen-bond acceptors (Lipinski definition) is 5. The molecule has 35 heavy (non-hydrogen) atoms. The molecule has 3 aromatic rings. The van der Waals surface area contributed by atoms with Gasteiger partial charge in [0, 0.05) is 13.1 Å². The number of fused-ring (bicyclic) bond motifs is 1. The second-order valence-electron chi connectivity index (χ2n) is 8.40. The van der Waals surface area contributed by atoms with Gasteiger partial charge in [-0.25, -0.2) is 0 Å². The predicted molar refractivity (Wildman–Crippen MR) is 142 cm³/mol. The van der Waals surface area contributed by atoms with E-state index in [1.807, 2.05) is 30.3 Å². The van der Waals surface area contributed by atoms with E-state index < -0.39 is 0 Å². The minimum Gasteiger partial charge on any atom is -0.493 e. The lowest BCUT2D eigenvalue weighted by molar-refractivity contribution is 0.288. The van der Waals surface area contributed by atoms with Gasteiger partial charge in [-0.15, -0.1) is 0 Å². The summed E-state index contributed by atoms with van der Waals surface area (Å²) in [5.74, 6) is 2.89. The Labute approximate surface area is 212 Å². The summed E-state index contributed by atoms with van der Waals surface area (Å²) >= 11 is 5.91. The Bertz CT molecular complexity index is 1170. The summed E-state index contributed by atoms with van der Waals surface area (Å²) in [5, 5.41) is 4.20. The maximum Gasteiger partial charge on any atom is 0.169 e. The number of methoxy groups -OCH3 is 4. The van der Waals surface area contributed by atoms with Gasteiger partial charge in [-0.1, -0.05) is 36.4 Å². The average Bonchev–Trinajstić information content (AvgIpc) is 2.91. The molecule has 184 valence electrons. The Balaban J connectivity index is 1.67. The van der Waals surface area contributed by atoms with Gasteiger partial charge in [0.1, 0.15) is 0 Å². The second kappa shape index (κ2) is 11.3. The maximum absolute atomic E-state index is 5.91. The molecule has 0 saturated carbocycles. The lowest BCUT2D eigenvalue weighted by Crippen LogP contribution is -2.46. The predicted octanol–water partition coefficient (Wildman–Crippen LogP) is 4.94. The summed E-state index contributed by atoms with van der Waals surface area (Å²) in [4.78, 5) is 2.28. The summed E-state index contributed by atoms with van der Waals surface area (Å²) in [6.07, 6.45) is 1.61. The Hall–Kier alpha value is -3.45. The van der Waals surface area contributed by atoms with Gasteiger partial charge >= 0.3 is 0 Å². The van der Waals surface area contributed by atoms with Gasteiger partial charge in [0.2, 0.25) is 0 Å². The highest BCUT2D eigenvalue weighted by Gasteiger charge is 2.31. The van der Waals surface area contributed by atoms with E-state index in [-0.39, 0.29) is 6.04 Å². The Kier molecular flexibility index (Phi) is 7.98. The smallest absolute Gasteiger partial charge is 0.169 e. The first kappa shape index (κ1) is 24.7. The zero-order chi connectivity index (χ0) is 24.8. The first-order chi connectivity index (χ1) is 17.1. The highest BCUT2D eigenvalue weighted by molar-refractivity contribution is 7.80. The number of benzene rings is 3. The summed E-state index contributed by atoms with van der Waals surface area (Å²) in [6, 6.07) is 20.5. The fourth-order valence-electron chi connectivity index (χ4n) is 4.60. The Morgan fingerprint density at radius 3 is 2.17 bits per heavy atom. The third kappa shape index (κ3) is 5.46. The maximum atomic E-state index is 5.91. The largest absolute Gasteiger partial charge is 0.493 e. The summed E-state index contributed by atoms with van der Waals surface area (Å²) in [6.45, 7) is 1.49. The molecule has 1 atom stereocenters. The quantitative estimate of drug-likeness (QED) is 0.447. The Morgan fingerprint density at radius 1 is 0.829 bits per heavy atom. The van der Waals surface area contributed by atoms with Gasteiger partial charge in [-0.05, 0) is 71.6 Å². The molecule has 0 aliphatic carbocycles. The zero-order valence-corrected chi connectivity index (χ0v) is 21.5. The van der Waals surface area contributed by atoms with Crippen molar-refractivity contribution in [1.82, 2.24) is 10.2 Å². The van der Waals surface area contributed by atoms with Crippen molar-refractivity contribution in [2.24, 2.45) is 0 Å². The number of thiocarbonyl (C=S) groups is 1.